The van der Waals surface area contributed by atoms with Gasteiger partial charge in [-0.3, -0.25) is 4.99 Å². The van der Waals surface area contributed by atoms with Crippen LogP contribution in [-0.2, 0) is 0 Å². The molecule has 0 bridgehead atoms. The molecule has 1 atom stereocenters. The van der Waals surface area contributed by atoms with Gasteiger partial charge in [0.25, 0.3) is 0 Å². The van der Waals surface area contributed by atoms with Gasteiger partial charge >= 0.3 is 0 Å². The van der Waals surface area contributed by atoms with E-state index in [1.807, 2.05) is 60.9 Å². The van der Waals surface area contributed by atoms with Gasteiger partial charge in [-0.15, -0.1) is 11.3 Å². The first-order chi connectivity index (χ1) is 23.5. The molecule has 232 valence electrons. The van der Waals surface area contributed by atoms with Crippen LogP contribution in [-0.4, -0.2) is 11.9 Å². The zero-order chi connectivity index (χ0) is 33.0. The molecule has 0 saturated heterocycles. The van der Waals surface area contributed by atoms with Crippen LogP contribution in [0.4, 0.5) is 11.4 Å². The van der Waals surface area contributed by atoms with Gasteiger partial charge in [-0.2, -0.15) is 5.26 Å². The fourth-order valence-corrected chi connectivity index (χ4v) is 7.63. The number of aliphatic imine (C=N–C) groups is 1. The van der Waals surface area contributed by atoms with Crippen LogP contribution in [0.25, 0.3) is 33.0 Å². The largest absolute Gasteiger partial charge is 0.354 e. The lowest BCUT2D eigenvalue weighted by Crippen LogP contribution is -1.98. The van der Waals surface area contributed by atoms with Crippen LogP contribution in [0.15, 0.2) is 132 Å². The summed E-state index contributed by atoms with van der Waals surface area (Å²) in [5, 5.41) is 23.3. The summed E-state index contributed by atoms with van der Waals surface area (Å²) in [7, 11) is 0. The molecule has 4 nitrogen and oxygen atoms in total. The Bertz CT molecular complexity index is 2300. The van der Waals surface area contributed by atoms with Crippen LogP contribution >= 0.6 is 11.3 Å². The summed E-state index contributed by atoms with van der Waals surface area (Å²) in [6.07, 6.45) is 9.26. The number of benzene rings is 5. The zero-order valence-corrected chi connectivity index (χ0v) is 27.7. The molecule has 0 amide bonds. The quantitative estimate of drug-likeness (QED) is 0.163. The van der Waals surface area contributed by atoms with Crippen molar-refractivity contribution in [1.29, 1.82) is 10.7 Å². The second-order valence-electron chi connectivity index (χ2n) is 12.2. The average molecular weight is 639 g/mol. The van der Waals surface area contributed by atoms with Crippen LogP contribution in [0, 0.1) is 23.7 Å². The van der Waals surface area contributed by atoms with Gasteiger partial charge in [0.2, 0.25) is 0 Å². The molecule has 1 unspecified atom stereocenters. The number of nitrogens with one attached hydrogen (secondary N) is 2. The van der Waals surface area contributed by atoms with Crippen LogP contribution in [0.5, 0.6) is 0 Å². The SMILES string of the molecule is Cc1cccc(/C(=C/C(=N)c2cccc(C#N)c2)N=Cc2cccc(Nc3c(-c4ccccc4)ccc4c5c(sc34)C=CCC5C)c2)c1. The lowest BCUT2D eigenvalue weighted by Gasteiger charge is -2.16. The van der Waals surface area contributed by atoms with E-state index >= 15 is 0 Å². The summed E-state index contributed by atoms with van der Waals surface area (Å²) in [5.74, 6) is 0.487. The first-order valence-corrected chi connectivity index (χ1v) is 16.9. The molecule has 7 rings (SSSR count). The molecule has 1 aromatic heterocycles. The molecule has 5 heteroatoms. The molecule has 1 aliphatic carbocycles. The lowest BCUT2D eigenvalue weighted by atomic mass is 9.90. The van der Waals surface area contributed by atoms with Gasteiger partial charge in [0.05, 0.1) is 33.4 Å². The molecule has 6 aromatic rings. The Balaban J connectivity index is 1.26. The van der Waals surface area contributed by atoms with Gasteiger partial charge in [-0.25, -0.2) is 0 Å². The molecule has 5 aromatic carbocycles. The molecule has 0 saturated carbocycles. The second-order valence-corrected chi connectivity index (χ2v) is 13.2. The van der Waals surface area contributed by atoms with Gasteiger partial charge in [0, 0.05) is 33.5 Å². The Kier molecular flexibility index (Phi) is 8.66. The standard InChI is InChI=1S/C43H34N4S/c1-28-10-6-17-34(22-28)39(25-38(45)33-16-8-12-30(23-33)26-44)46-27-31-13-9-18-35(24-31)47-42-36(32-14-4-3-5-15-32)20-21-37-41-29(2)11-7-19-40(41)48-43(37)42/h3-10,12-25,27,29,45,47H,11H2,1-2H3/b39-25-,45-38?,46-27?. The van der Waals surface area contributed by atoms with Crippen molar-refractivity contribution in [2.24, 2.45) is 4.99 Å². The smallest absolute Gasteiger partial charge is 0.0991 e. The number of aryl methyl sites for hydroxylation is 1. The monoisotopic (exact) mass is 638 g/mol. The highest BCUT2D eigenvalue weighted by atomic mass is 32.1. The van der Waals surface area contributed by atoms with Gasteiger partial charge in [-0.1, -0.05) is 103 Å². The average Bonchev–Trinajstić information content (AvgIpc) is 3.51. The van der Waals surface area contributed by atoms with Crippen LogP contribution in [0.1, 0.15) is 57.5 Å². The molecule has 1 aliphatic rings. The maximum atomic E-state index is 9.37. The highest BCUT2D eigenvalue weighted by Crippen LogP contribution is 2.47. The van der Waals surface area contributed by atoms with E-state index in [9.17, 15) is 5.26 Å². The predicted octanol–water partition coefficient (Wildman–Crippen LogP) is 11.5. The number of fused-ring (bicyclic) bond motifs is 3. The first kappa shape index (κ1) is 30.8. The van der Waals surface area contributed by atoms with E-state index < -0.39 is 0 Å². The van der Waals surface area contributed by atoms with Gasteiger partial charge in [0.1, 0.15) is 0 Å². The molecular weight excluding hydrogens is 605 g/mol. The van der Waals surface area contributed by atoms with Crippen LogP contribution < -0.4 is 5.32 Å². The van der Waals surface area contributed by atoms with Gasteiger partial charge in [-0.05, 0) is 83.8 Å². The maximum Gasteiger partial charge on any atom is 0.0991 e. The summed E-state index contributed by atoms with van der Waals surface area (Å²) in [6.45, 7) is 4.37. The molecule has 0 radical (unpaired) electrons. The number of allylic oxidation sites excluding steroid dienone is 2. The minimum absolute atomic E-state index is 0.292. The number of thiophene rings is 1. The zero-order valence-electron chi connectivity index (χ0n) is 26.9. The van der Waals surface area contributed by atoms with Crippen LogP contribution in [0.3, 0.4) is 0 Å². The van der Waals surface area contributed by atoms with Gasteiger partial charge < -0.3 is 10.7 Å². The summed E-state index contributed by atoms with van der Waals surface area (Å²) in [4.78, 5) is 6.27. The molecule has 0 spiro atoms. The predicted molar refractivity (Wildman–Crippen MR) is 204 cm³/mol. The highest BCUT2D eigenvalue weighted by Gasteiger charge is 2.22. The van der Waals surface area contributed by atoms with E-state index in [4.69, 9.17) is 10.4 Å². The summed E-state index contributed by atoms with van der Waals surface area (Å²) >= 11 is 1.86. The van der Waals surface area contributed by atoms with E-state index in [0.717, 1.165) is 34.5 Å². The molecular formula is C43H34N4S. The number of hydrogen-bond donors (Lipinski definition) is 2. The number of nitrogens with zero attached hydrogens (tertiary/aromatic N) is 2. The third-order valence-corrected chi connectivity index (χ3v) is 9.87. The molecule has 0 fully saturated rings. The number of nitriles is 1. The van der Waals surface area contributed by atoms with Crippen molar-refractivity contribution < 1.29 is 0 Å². The molecule has 0 aliphatic heterocycles. The van der Waals surface area contributed by atoms with Gasteiger partial charge in [0.15, 0.2) is 0 Å². The Morgan fingerprint density at radius 3 is 2.56 bits per heavy atom. The topological polar surface area (TPSA) is 72.0 Å². The maximum absolute atomic E-state index is 9.37. The Morgan fingerprint density at radius 2 is 1.73 bits per heavy atom. The van der Waals surface area contributed by atoms with E-state index in [-0.39, 0.29) is 0 Å². The minimum atomic E-state index is 0.292. The van der Waals surface area contributed by atoms with Crippen molar-refractivity contribution in [1.82, 2.24) is 0 Å². The summed E-state index contributed by atoms with van der Waals surface area (Å²) in [6, 6.07) is 40.8. The van der Waals surface area contributed by atoms with Crippen LogP contribution in [0.2, 0.25) is 0 Å². The van der Waals surface area contributed by atoms with Crippen molar-refractivity contribution in [2.75, 3.05) is 5.32 Å². The number of anilines is 2. The first-order valence-electron chi connectivity index (χ1n) is 16.1. The lowest BCUT2D eigenvalue weighted by molar-refractivity contribution is 0.783. The second kappa shape index (κ2) is 13.5. The number of hydrogen-bond acceptors (Lipinski definition) is 5. The van der Waals surface area contributed by atoms with Crippen molar-refractivity contribution in [3.05, 3.63) is 166 Å². The van der Waals surface area contributed by atoms with Crippen molar-refractivity contribution in [3.63, 3.8) is 0 Å². The minimum Gasteiger partial charge on any atom is -0.354 e. The molecule has 1 heterocycles. The molecule has 2 N–H and O–H groups in total. The fraction of sp³-hybridized carbons (Fsp3) is 0.0930. The van der Waals surface area contributed by atoms with E-state index in [0.29, 0.717) is 28.5 Å². The van der Waals surface area contributed by atoms with E-state index in [1.165, 1.54) is 31.7 Å². The molecule has 48 heavy (non-hydrogen) atoms. The van der Waals surface area contributed by atoms with E-state index in [1.54, 1.807) is 24.3 Å². The third kappa shape index (κ3) is 6.40. The number of rotatable bonds is 8. The third-order valence-electron chi connectivity index (χ3n) is 8.67. The fourth-order valence-electron chi connectivity index (χ4n) is 6.27. The Hall–Kier alpha value is -5.83. The highest BCUT2D eigenvalue weighted by molar-refractivity contribution is 7.20. The van der Waals surface area contributed by atoms with Crippen molar-refractivity contribution in [2.45, 2.75) is 26.2 Å². The normalized spacial score (nSPS) is 14.2. The van der Waals surface area contributed by atoms with E-state index in [2.05, 4.69) is 91.1 Å². The van der Waals surface area contributed by atoms with Crippen molar-refractivity contribution >= 4 is 56.5 Å². The Labute approximate surface area is 285 Å². The summed E-state index contributed by atoms with van der Waals surface area (Å²) < 4.78 is 1.27. The van der Waals surface area contributed by atoms with Crippen molar-refractivity contribution in [3.8, 4) is 17.2 Å². The summed E-state index contributed by atoms with van der Waals surface area (Å²) in [5.41, 5.74) is 11.0. The Morgan fingerprint density at radius 1 is 0.917 bits per heavy atom.